The summed E-state index contributed by atoms with van der Waals surface area (Å²) in [5.41, 5.74) is 0. The topological polar surface area (TPSA) is 91.3 Å². The zero-order chi connectivity index (χ0) is 36.3. The van der Waals surface area contributed by atoms with E-state index in [2.05, 4.69) is 13.8 Å². The van der Waals surface area contributed by atoms with Gasteiger partial charge in [0.05, 0.1) is 27.7 Å². The lowest BCUT2D eigenvalue weighted by Gasteiger charge is -2.24. The van der Waals surface area contributed by atoms with Crippen LogP contribution in [0.4, 0.5) is 0 Å². The van der Waals surface area contributed by atoms with Gasteiger partial charge in [-0.3, -0.25) is 9.59 Å². The van der Waals surface area contributed by atoms with E-state index in [0.717, 1.165) is 45.1 Å². The van der Waals surface area contributed by atoms with Crippen molar-refractivity contribution in [3.8, 4) is 0 Å². The highest BCUT2D eigenvalue weighted by atomic mass is 31.2. The van der Waals surface area contributed by atoms with E-state index in [4.69, 9.17) is 18.5 Å². The molecule has 1 unspecified atom stereocenters. The fourth-order valence-corrected chi connectivity index (χ4v) is 6.38. The van der Waals surface area contributed by atoms with Crippen LogP contribution in [0.25, 0.3) is 0 Å². The summed E-state index contributed by atoms with van der Waals surface area (Å²) in [7, 11) is 4.02. The maximum Gasteiger partial charge on any atom is 0.330 e. The molecule has 1 N–H and O–H groups in total. The van der Waals surface area contributed by atoms with Gasteiger partial charge in [-0.05, 0) is 12.8 Å². The Labute approximate surface area is 304 Å². The monoisotopic (exact) mass is 719 g/mol. The normalized spacial score (nSPS) is 13.0. The van der Waals surface area contributed by atoms with Crippen LogP contribution in [0.15, 0.2) is 0 Å². The Kier molecular flexibility index (Phi) is 35.0. The van der Waals surface area contributed by atoms with E-state index in [9.17, 15) is 14.5 Å². The first-order chi connectivity index (χ1) is 23.7. The molecule has 0 aromatic heterocycles. The van der Waals surface area contributed by atoms with Gasteiger partial charge in [0, 0.05) is 12.8 Å². The molecule has 0 aliphatic heterocycles. The van der Waals surface area contributed by atoms with E-state index >= 15 is 0 Å². The maximum absolute atomic E-state index is 12.6. The van der Waals surface area contributed by atoms with Gasteiger partial charge >= 0.3 is 20.5 Å². The van der Waals surface area contributed by atoms with Crippen molar-refractivity contribution >= 4 is 20.5 Å². The molecule has 8 nitrogen and oxygen atoms in total. The third kappa shape index (κ3) is 38.3. The van der Waals surface area contributed by atoms with Crippen molar-refractivity contribution in [1.82, 2.24) is 0 Å². The van der Waals surface area contributed by atoms with Crippen molar-refractivity contribution in [3.63, 3.8) is 0 Å². The van der Waals surface area contributed by atoms with E-state index in [1.807, 2.05) is 21.1 Å². The van der Waals surface area contributed by atoms with Crippen LogP contribution >= 0.6 is 8.60 Å². The number of ether oxygens (including phenoxy) is 2. The van der Waals surface area contributed by atoms with Gasteiger partial charge in [0.15, 0.2) is 6.10 Å². The highest BCUT2D eigenvalue weighted by molar-refractivity contribution is 7.40. The number of carbonyl (C=O) groups is 2. The van der Waals surface area contributed by atoms with E-state index in [1.165, 1.54) is 128 Å². The zero-order valence-electron chi connectivity index (χ0n) is 33.0. The third-order valence-electron chi connectivity index (χ3n) is 9.03. The van der Waals surface area contributed by atoms with Crippen molar-refractivity contribution in [2.24, 2.45) is 0 Å². The van der Waals surface area contributed by atoms with E-state index < -0.39 is 14.7 Å². The van der Waals surface area contributed by atoms with Gasteiger partial charge in [-0.25, -0.2) is 0 Å². The maximum atomic E-state index is 12.6. The van der Waals surface area contributed by atoms with Crippen molar-refractivity contribution in [1.29, 1.82) is 0 Å². The number of nitrogens with zero attached hydrogens (tertiary/aromatic N) is 1. The van der Waals surface area contributed by atoms with Crippen LogP contribution in [0.1, 0.15) is 194 Å². The summed E-state index contributed by atoms with van der Waals surface area (Å²) in [5.74, 6) is -0.608. The second-order valence-electron chi connectivity index (χ2n) is 15.2. The molecule has 0 saturated heterocycles. The Morgan fingerprint density at radius 2 is 0.898 bits per heavy atom. The lowest BCUT2D eigenvalue weighted by atomic mass is 10.0. The minimum Gasteiger partial charge on any atom is -0.462 e. The molecule has 0 bridgehead atoms. The summed E-state index contributed by atoms with van der Waals surface area (Å²) in [5, 5.41) is 0. The summed E-state index contributed by atoms with van der Waals surface area (Å²) in [6.45, 7) is 5.43. The van der Waals surface area contributed by atoms with Gasteiger partial charge in [0.1, 0.15) is 19.8 Å². The molecule has 292 valence electrons. The van der Waals surface area contributed by atoms with Gasteiger partial charge in [-0.1, -0.05) is 168 Å². The van der Waals surface area contributed by atoms with E-state index in [-0.39, 0.29) is 25.2 Å². The van der Waals surface area contributed by atoms with Crippen LogP contribution in [0.3, 0.4) is 0 Å². The number of unbranched alkanes of at least 4 members (excludes halogenated alkanes) is 24. The van der Waals surface area contributed by atoms with E-state index in [1.54, 1.807) is 0 Å². The third-order valence-corrected chi connectivity index (χ3v) is 9.81. The van der Waals surface area contributed by atoms with Crippen molar-refractivity contribution in [2.75, 3.05) is 47.5 Å². The first kappa shape index (κ1) is 48.2. The van der Waals surface area contributed by atoms with Crippen LogP contribution in [0.5, 0.6) is 0 Å². The Morgan fingerprint density at radius 3 is 1.29 bits per heavy atom. The summed E-state index contributed by atoms with van der Waals surface area (Å²) in [6.07, 6.45) is 32.4. The first-order valence-corrected chi connectivity index (χ1v) is 21.7. The second kappa shape index (κ2) is 35.6. The number of likely N-dealkylation sites (N-methyl/N-ethyl adjacent to an activating group) is 1. The lowest BCUT2D eigenvalue weighted by molar-refractivity contribution is -0.870. The molecule has 0 rings (SSSR count). The molecule has 49 heavy (non-hydrogen) atoms. The molecule has 0 saturated carbocycles. The number of carbonyl (C=O) groups excluding carboxylic acids is 2. The van der Waals surface area contributed by atoms with Crippen molar-refractivity contribution in [3.05, 3.63) is 0 Å². The Bertz CT molecular complexity index is 734. The van der Waals surface area contributed by atoms with Gasteiger partial charge in [0.2, 0.25) is 0 Å². The molecule has 0 spiro atoms. The fraction of sp³-hybridized carbons (Fsp3) is 0.950. The second-order valence-corrected chi connectivity index (χ2v) is 16.2. The highest BCUT2D eigenvalue weighted by Gasteiger charge is 2.21. The number of quaternary nitrogens is 1. The predicted molar refractivity (Wildman–Crippen MR) is 205 cm³/mol. The zero-order valence-corrected chi connectivity index (χ0v) is 33.9. The summed E-state index contributed by atoms with van der Waals surface area (Å²) in [4.78, 5) is 35.3. The quantitative estimate of drug-likeness (QED) is 0.0294. The molecule has 0 radical (unpaired) electrons. The van der Waals surface area contributed by atoms with Crippen LogP contribution in [0.2, 0.25) is 0 Å². The minimum atomic E-state index is -2.11. The minimum absolute atomic E-state index is 0.0797. The van der Waals surface area contributed by atoms with Crippen molar-refractivity contribution < 1.29 is 37.5 Å². The summed E-state index contributed by atoms with van der Waals surface area (Å²) < 4.78 is 22.7. The molecule has 0 amide bonds. The average Bonchev–Trinajstić information content (AvgIpc) is 3.06. The molecule has 0 aromatic rings. The fourth-order valence-electron chi connectivity index (χ4n) is 5.77. The van der Waals surface area contributed by atoms with Crippen LogP contribution < -0.4 is 0 Å². The molecular formula is C40H81NO7P+. The average molecular weight is 719 g/mol. The molecule has 0 fully saturated rings. The molecule has 2 atom stereocenters. The molecule has 0 heterocycles. The van der Waals surface area contributed by atoms with Crippen LogP contribution in [-0.2, 0) is 28.1 Å². The van der Waals surface area contributed by atoms with Crippen LogP contribution in [0, 0.1) is 0 Å². The smallest absolute Gasteiger partial charge is 0.330 e. The molecule has 9 heteroatoms. The van der Waals surface area contributed by atoms with Gasteiger partial charge in [-0.15, -0.1) is 0 Å². The predicted octanol–water partition coefficient (Wildman–Crippen LogP) is 11.4. The lowest BCUT2D eigenvalue weighted by Crippen LogP contribution is -2.37. The number of hydrogen-bond donors (Lipinski definition) is 1. The van der Waals surface area contributed by atoms with E-state index in [0.29, 0.717) is 23.9 Å². The Morgan fingerprint density at radius 1 is 0.531 bits per heavy atom. The highest BCUT2D eigenvalue weighted by Crippen LogP contribution is 2.33. The standard InChI is InChI=1S/C40H81NO7P/c1-6-8-10-12-14-16-18-20-22-24-26-28-30-32-39(42)45-36-38(37-47-49(44)46-35-34-41(3,4)5)48-40(43)33-31-29-27-25-23-21-19-17-15-13-11-9-7-2/h38,44H,6-37H2,1-5H3/q+1/t38-,49?/m1/s1. The molecule has 0 aliphatic rings. The Hall–Kier alpha value is -0.790. The van der Waals surface area contributed by atoms with Crippen LogP contribution in [-0.4, -0.2) is 74.9 Å². The number of hydrogen-bond acceptors (Lipinski definition) is 7. The van der Waals surface area contributed by atoms with Crippen molar-refractivity contribution in [2.45, 2.75) is 200 Å². The van der Waals surface area contributed by atoms with Gasteiger partial charge in [0.25, 0.3) is 0 Å². The van der Waals surface area contributed by atoms with Gasteiger partial charge < -0.3 is 27.9 Å². The molecule has 0 aromatic carbocycles. The number of esters is 2. The number of rotatable bonds is 38. The summed E-state index contributed by atoms with van der Waals surface area (Å²) >= 11 is 0. The summed E-state index contributed by atoms with van der Waals surface area (Å²) in [6, 6.07) is 0. The Balaban J connectivity index is 4.24. The molecular weight excluding hydrogens is 637 g/mol. The first-order valence-electron chi connectivity index (χ1n) is 20.6. The van der Waals surface area contributed by atoms with Gasteiger partial charge in [-0.2, -0.15) is 0 Å². The molecule has 0 aliphatic carbocycles. The SMILES string of the molecule is CCCCCCCCCCCCCCCC(=O)OC[C@H](COP(O)OCC[N+](C)(C)C)OC(=O)CCCCCCCCCCCCCCC. The largest absolute Gasteiger partial charge is 0.462 e.